The molecule has 0 spiro atoms. The molecule has 158 valence electrons. The molecule has 1 fully saturated rings. The van der Waals surface area contributed by atoms with Crippen molar-refractivity contribution in [2.75, 3.05) is 36.4 Å². The topological polar surface area (TPSA) is 92.1 Å². The number of carbonyl (C=O) groups is 1. The number of aromatic nitrogens is 5. The first-order valence-electron chi connectivity index (χ1n) is 10.4. The number of carbonyl (C=O) groups excluding carboxylic acids is 1. The first-order valence-corrected chi connectivity index (χ1v) is 10.4. The summed E-state index contributed by atoms with van der Waals surface area (Å²) in [5.41, 5.74) is 3.81. The smallest absolute Gasteiger partial charge is 0.228 e. The van der Waals surface area contributed by atoms with Crippen LogP contribution in [0.4, 0.5) is 17.6 Å². The van der Waals surface area contributed by atoms with Gasteiger partial charge in [-0.2, -0.15) is 10.1 Å². The predicted molar refractivity (Wildman–Crippen MR) is 117 cm³/mol. The summed E-state index contributed by atoms with van der Waals surface area (Å²) in [6.45, 7) is 8.52. The lowest BCUT2D eigenvalue weighted by molar-refractivity contribution is -0.129. The number of aryl methyl sites for hydroxylation is 3. The Kier molecular flexibility index (Phi) is 5.52. The second-order valence-corrected chi connectivity index (χ2v) is 7.73. The van der Waals surface area contributed by atoms with Gasteiger partial charge < -0.3 is 15.1 Å². The van der Waals surface area contributed by atoms with Crippen molar-refractivity contribution in [2.45, 2.75) is 33.6 Å². The third kappa shape index (κ3) is 3.92. The Morgan fingerprint density at radius 2 is 1.93 bits per heavy atom. The van der Waals surface area contributed by atoms with Gasteiger partial charge in [-0.3, -0.25) is 9.48 Å². The summed E-state index contributed by atoms with van der Waals surface area (Å²) in [6.07, 6.45) is 3.67. The van der Waals surface area contributed by atoms with Crippen LogP contribution in [0.5, 0.6) is 0 Å². The molecule has 0 bridgehead atoms. The van der Waals surface area contributed by atoms with Gasteiger partial charge in [-0.15, -0.1) is 0 Å². The molecule has 30 heavy (non-hydrogen) atoms. The molecule has 1 saturated heterocycles. The van der Waals surface area contributed by atoms with Crippen molar-refractivity contribution in [1.82, 2.24) is 29.6 Å². The molecule has 0 unspecified atom stereocenters. The Labute approximate surface area is 176 Å². The van der Waals surface area contributed by atoms with E-state index < -0.39 is 0 Å². The fourth-order valence-corrected chi connectivity index (χ4v) is 3.75. The number of pyridine rings is 1. The van der Waals surface area contributed by atoms with Crippen molar-refractivity contribution in [1.29, 1.82) is 0 Å². The highest BCUT2D eigenvalue weighted by Crippen LogP contribution is 2.28. The minimum Gasteiger partial charge on any atom is -0.339 e. The van der Waals surface area contributed by atoms with Gasteiger partial charge in [0.05, 0.1) is 5.69 Å². The average molecular weight is 409 g/mol. The molecule has 9 heteroatoms. The molecule has 4 heterocycles. The number of nitrogens with one attached hydrogen (secondary N) is 1. The van der Waals surface area contributed by atoms with Crippen LogP contribution in [0.25, 0.3) is 11.0 Å². The van der Waals surface area contributed by atoms with Gasteiger partial charge in [0.25, 0.3) is 0 Å². The minimum atomic E-state index is 0.108. The molecular formula is C21H28N8O. The molecule has 9 nitrogen and oxygen atoms in total. The van der Waals surface area contributed by atoms with Crippen molar-refractivity contribution in [3.05, 3.63) is 29.6 Å². The van der Waals surface area contributed by atoms with Gasteiger partial charge in [-0.25, -0.2) is 9.97 Å². The quantitative estimate of drug-likeness (QED) is 0.693. The van der Waals surface area contributed by atoms with Crippen LogP contribution in [0.1, 0.15) is 31.5 Å². The second kappa shape index (κ2) is 8.25. The Balaban J connectivity index is 1.74. The van der Waals surface area contributed by atoms with Crippen LogP contribution in [0.2, 0.25) is 0 Å². The zero-order valence-electron chi connectivity index (χ0n) is 18.0. The molecule has 0 aliphatic carbocycles. The lowest BCUT2D eigenvalue weighted by atomic mass is 10.2. The third-order valence-electron chi connectivity index (χ3n) is 5.39. The number of fused-ring (bicyclic) bond motifs is 1. The maximum atomic E-state index is 11.7. The Morgan fingerprint density at radius 1 is 1.17 bits per heavy atom. The zero-order chi connectivity index (χ0) is 21.3. The van der Waals surface area contributed by atoms with Crippen LogP contribution in [0.3, 0.4) is 0 Å². The summed E-state index contributed by atoms with van der Waals surface area (Å²) in [7, 11) is 1.92. The van der Waals surface area contributed by atoms with Crippen molar-refractivity contribution in [2.24, 2.45) is 7.05 Å². The van der Waals surface area contributed by atoms with Crippen molar-refractivity contribution >= 4 is 34.5 Å². The fourth-order valence-electron chi connectivity index (χ4n) is 3.75. The van der Waals surface area contributed by atoms with E-state index in [1.165, 1.54) is 0 Å². The summed E-state index contributed by atoms with van der Waals surface area (Å²) >= 11 is 0. The Bertz CT molecular complexity index is 1050. The third-order valence-corrected chi connectivity index (χ3v) is 5.39. The average Bonchev–Trinajstić information content (AvgIpc) is 3.05. The van der Waals surface area contributed by atoms with Crippen molar-refractivity contribution in [3.8, 4) is 0 Å². The summed E-state index contributed by atoms with van der Waals surface area (Å²) < 4.78 is 1.84. The van der Waals surface area contributed by atoms with Crippen LogP contribution < -0.4 is 10.2 Å². The van der Waals surface area contributed by atoms with Crippen LogP contribution in [0, 0.1) is 6.92 Å². The molecule has 1 aliphatic rings. The molecule has 1 N–H and O–H groups in total. The van der Waals surface area contributed by atoms with E-state index in [0.717, 1.165) is 41.0 Å². The van der Waals surface area contributed by atoms with Gasteiger partial charge in [0, 0.05) is 46.3 Å². The summed E-state index contributed by atoms with van der Waals surface area (Å²) in [6, 6.07) is 3.96. The van der Waals surface area contributed by atoms with E-state index in [4.69, 9.17) is 15.1 Å². The predicted octanol–water partition coefficient (Wildman–Crippen LogP) is 2.43. The van der Waals surface area contributed by atoms with Crippen LogP contribution in [0.15, 0.2) is 18.3 Å². The van der Waals surface area contributed by atoms with E-state index in [9.17, 15) is 4.79 Å². The largest absolute Gasteiger partial charge is 0.339 e. The highest BCUT2D eigenvalue weighted by atomic mass is 16.2. The maximum absolute atomic E-state index is 11.7. The molecule has 4 rings (SSSR count). The second-order valence-electron chi connectivity index (χ2n) is 7.73. The van der Waals surface area contributed by atoms with E-state index in [-0.39, 0.29) is 5.91 Å². The monoisotopic (exact) mass is 408 g/mol. The lowest BCUT2D eigenvalue weighted by Crippen LogP contribution is -2.48. The fraction of sp³-hybridized carbons (Fsp3) is 0.476. The number of nitrogens with zero attached hydrogens (tertiary/aromatic N) is 7. The van der Waals surface area contributed by atoms with E-state index in [2.05, 4.69) is 22.1 Å². The van der Waals surface area contributed by atoms with Crippen molar-refractivity contribution in [3.63, 3.8) is 0 Å². The number of hydrogen-bond donors (Lipinski definition) is 1. The number of piperazine rings is 1. The molecular weight excluding hydrogens is 380 g/mol. The van der Waals surface area contributed by atoms with Gasteiger partial charge in [0.15, 0.2) is 5.82 Å². The Morgan fingerprint density at radius 3 is 2.57 bits per heavy atom. The number of amides is 1. The minimum absolute atomic E-state index is 0.108. The SMILES string of the molecule is CCCc1nn(C)c2c(Nc3ccc(C)cn3)nc(N3CCN(C(C)=O)CC3)nc12. The highest BCUT2D eigenvalue weighted by molar-refractivity contribution is 5.90. The number of rotatable bonds is 5. The first kappa shape index (κ1) is 20.1. The normalized spacial score (nSPS) is 14.4. The molecule has 3 aromatic heterocycles. The molecule has 0 radical (unpaired) electrons. The number of hydrogen-bond acceptors (Lipinski definition) is 7. The van der Waals surface area contributed by atoms with Gasteiger partial charge in [0.1, 0.15) is 16.9 Å². The van der Waals surface area contributed by atoms with E-state index in [0.29, 0.717) is 37.9 Å². The summed E-state index contributed by atoms with van der Waals surface area (Å²) in [4.78, 5) is 29.9. The van der Waals surface area contributed by atoms with Gasteiger partial charge in [-0.1, -0.05) is 19.4 Å². The summed E-state index contributed by atoms with van der Waals surface area (Å²) in [5, 5.41) is 8.06. The highest BCUT2D eigenvalue weighted by Gasteiger charge is 2.24. The van der Waals surface area contributed by atoms with E-state index >= 15 is 0 Å². The molecule has 0 atom stereocenters. The standard InChI is InChI=1S/C21H28N8O/c1-5-6-16-18-19(27(4)26-16)20(23-17-8-7-14(2)13-22-17)25-21(24-18)29-11-9-28(10-12-29)15(3)30/h7-8,13H,5-6,9-12H2,1-4H3,(H,22,23,24,25). The van der Waals surface area contributed by atoms with Crippen molar-refractivity contribution < 1.29 is 4.79 Å². The lowest BCUT2D eigenvalue weighted by Gasteiger charge is -2.34. The Hall–Kier alpha value is -3.23. The maximum Gasteiger partial charge on any atom is 0.228 e. The molecule has 1 amide bonds. The van der Waals surface area contributed by atoms with Gasteiger partial charge in [-0.05, 0) is 25.0 Å². The van der Waals surface area contributed by atoms with E-state index in [1.807, 2.05) is 41.9 Å². The zero-order valence-corrected chi connectivity index (χ0v) is 18.0. The first-order chi connectivity index (χ1) is 14.5. The van der Waals surface area contributed by atoms with Crippen LogP contribution in [-0.2, 0) is 18.3 Å². The van der Waals surface area contributed by atoms with Gasteiger partial charge in [0.2, 0.25) is 11.9 Å². The van der Waals surface area contributed by atoms with Gasteiger partial charge >= 0.3 is 0 Å². The van der Waals surface area contributed by atoms with Crippen LogP contribution in [-0.4, -0.2) is 61.7 Å². The molecule has 0 aromatic carbocycles. The molecule has 0 saturated carbocycles. The molecule has 3 aromatic rings. The summed E-state index contributed by atoms with van der Waals surface area (Å²) in [5.74, 6) is 2.19. The van der Waals surface area contributed by atoms with E-state index in [1.54, 1.807) is 6.92 Å². The number of anilines is 3. The van der Waals surface area contributed by atoms with Crippen LogP contribution >= 0.6 is 0 Å². The molecule has 1 aliphatic heterocycles.